The van der Waals surface area contributed by atoms with E-state index in [0.29, 0.717) is 22.3 Å². The van der Waals surface area contributed by atoms with Crippen molar-refractivity contribution in [1.29, 1.82) is 5.41 Å². The van der Waals surface area contributed by atoms with Crippen molar-refractivity contribution in [2.45, 2.75) is 23.9 Å². The van der Waals surface area contributed by atoms with Crippen molar-refractivity contribution in [3.05, 3.63) is 71.8 Å². The smallest absolute Gasteiger partial charge is 0.248 e. The van der Waals surface area contributed by atoms with Gasteiger partial charge >= 0.3 is 0 Å². The van der Waals surface area contributed by atoms with Crippen LogP contribution in [0.15, 0.2) is 65.6 Å². The number of hydrogen-bond donors (Lipinski definition) is 3. The third kappa shape index (κ3) is 4.57. The van der Waals surface area contributed by atoms with Crippen LogP contribution in [-0.4, -0.2) is 44.1 Å². The van der Waals surface area contributed by atoms with Crippen LogP contribution in [0.5, 0.6) is 5.75 Å². The number of imide groups is 1. The Labute approximate surface area is 190 Å². The van der Waals surface area contributed by atoms with Gasteiger partial charge in [0, 0.05) is 5.56 Å². The molecule has 0 aliphatic carbocycles. The number of hydrogen-bond acceptors (Lipinski definition) is 6. The van der Waals surface area contributed by atoms with Gasteiger partial charge in [-0.05, 0) is 46.7 Å². The third-order valence-electron chi connectivity index (χ3n) is 5.45. The molecule has 1 fully saturated rings. The lowest BCUT2D eigenvalue weighted by Gasteiger charge is -2.16. The van der Waals surface area contributed by atoms with E-state index in [9.17, 15) is 18.0 Å². The summed E-state index contributed by atoms with van der Waals surface area (Å²) >= 11 is 0. The van der Waals surface area contributed by atoms with E-state index in [2.05, 4.69) is 4.72 Å². The van der Waals surface area contributed by atoms with Crippen molar-refractivity contribution in [3.63, 3.8) is 0 Å². The first-order valence-electron chi connectivity index (χ1n) is 10.1. The predicted molar refractivity (Wildman–Crippen MR) is 122 cm³/mol. The van der Waals surface area contributed by atoms with Crippen LogP contribution >= 0.6 is 0 Å². The lowest BCUT2D eigenvalue weighted by Crippen LogP contribution is -2.41. The summed E-state index contributed by atoms with van der Waals surface area (Å²) in [7, 11) is -2.54. The van der Waals surface area contributed by atoms with E-state index < -0.39 is 27.9 Å². The fourth-order valence-electron chi connectivity index (χ4n) is 3.71. The molecule has 0 radical (unpaired) electrons. The second-order valence-electron chi connectivity index (χ2n) is 7.69. The summed E-state index contributed by atoms with van der Waals surface area (Å²) < 4.78 is 33.5. The Hall–Kier alpha value is -3.76. The predicted octanol–water partition coefficient (Wildman–Crippen LogP) is 1.74. The van der Waals surface area contributed by atoms with E-state index in [-0.39, 0.29) is 23.7 Å². The molecule has 33 heavy (non-hydrogen) atoms. The maximum atomic E-state index is 13.0. The molecule has 170 valence electrons. The number of methoxy groups -OCH3 is 1. The van der Waals surface area contributed by atoms with Crippen molar-refractivity contribution >= 4 is 38.4 Å². The number of sulfonamides is 1. The largest absolute Gasteiger partial charge is 0.497 e. The number of carbonyl (C=O) groups excluding carboxylic acids is 2. The molecule has 4 N–H and O–H groups in total. The Morgan fingerprint density at radius 1 is 1.12 bits per heavy atom. The molecular formula is C23H22N4O5S. The number of amidine groups is 1. The highest BCUT2D eigenvalue weighted by Crippen LogP contribution is 2.25. The SMILES string of the molecule is COc1ccc2ccc(S(=O)(=O)N[C@H]3CC(=O)N(Cc4cccc(C(=N)N)c4)C3=O)cc2c1. The molecule has 3 aromatic carbocycles. The number of nitrogens with zero attached hydrogens (tertiary/aromatic N) is 1. The highest BCUT2D eigenvalue weighted by atomic mass is 32.2. The molecule has 1 saturated heterocycles. The Bertz CT molecular complexity index is 1390. The number of benzene rings is 3. The number of nitrogens with one attached hydrogen (secondary N) is 2. The second kappa shape index (κ2) is 8.64. The molecule has 2 amide bonds. The molecular weight excluding hydrogens is 444 g/mol. The van der Waals surface area contributed by atoms with Gasteiger partial charge in [0.2, 0.25) is 21.8 Å². The Balaban J connectivity index is 1.53. The van der Waals surface area contributed by atoms with Gasteiger partial charge < -0.3 is 10.5 Å². The van der Waals surface area contributed by atoms with Crippen LogP contribution in [0.3, 0.4) is 0 Å². The Morgan fingerprint density at radius 2 is 1.88 bits per heavy atom. The molecule has 10 heteroatoms. The summed E-state index contributed by atoms with van der Waals surface area (Å²) in [6.45, 7) is -0.0349. The number of likely N-dealkylation sites (tertiary alicyclic amines) is 1. The van der Waals surface area contributed by atoms with Gasteiger partial charge in [-0.2, -0.15) is 4.72 Å². The van der Waals surface area contributed by atoms with Gasteiger partial charge in [-0.25, -0.2) is 8.42 Å². The first-order chi connectivity index (χ1) is 15.7. The average molecular weight is 467 g/mol. The van der Waals surface area contributed by atoms with E-state index in [4.69, 9.17) is 15.9 Å². The number of rotatable bonds is 7. The lowest BCUT2D eigenvalue weighted by molar-refractivity contribution is -0.139. The van der Waals surface area contributed by atoms with Crippen LogP contribution in [0.2, 0.25) is 0 Å². The van der Waals surface area contributed by atoms with E-state index in [0.717, 1.165) is 10.3 Å². The zero-order valence-electron chi connectivity index (χ0n) is 17.7. The molecule has 1 heterocycles. The lowest BCUT2D eigenvalue weighted by atomic mass is 10.1. The van der Waals surface area contributed by atoms with Crippen molar-refractivity contribution in [2.75, 3.05) is 7.11 Å². The van der Waals surface area contributed by atoms with Crippen molar-refractivity contribution < 1.29 is 22.7 Å². The Kier molecular flexibility index (Phi) is 5.88. The zero-order valence-corrected chi connectivity index (χ0v) is 18.6. The van der Waals surface area contributed by atoms with Gasteiger partial charge in [0.05, 0.1) is 25.0 Å². The molecule has 0 spiro atoms. The molecule has 3 aromatic rings. The van der Waals surface area contributed by atoms with Gasteiger partial charge in [-0.15, -0.1) is 0 Å². The summed E-state index contributed by atoms with van der Waals surface area (Å²) in [5.74, 6) is -0.649. The second-order valence-corrected chi connectivity index (χ2v) is 9.40. The standard InChI is InChI=1S/C23H22N4O5S/c1-32-18-7-5-15-6-8-19(11-17(15)10-18)33(30,31)26-20-12-21(28)27(23(20)29)13-14-3-2-4-16(9-14)22(24)25/h2-11,20,26H,12-13H2,1H3,(H3,24,25)/t20-/m0/s1. The average Bonchev–Trinajstić information content (AvgIpc) is 3.05. The van der Waals surface area contributed by atoms with Crippen LogP contribution in [-0.2, 0) is 26.2 Å². The molecule has 0 saturated carbocycles. The van der Waals surface area contributed by atoms with Gasteiger partial charge in [-0.3, -0.25) is 19.9 Å². The molecule has 0 unspecified atom stereocenters. The minimum absolute atomic E-state index is 0.0175. The summed E-state index contributed by atoms with van der Waals surface area (Å²) in [6, 6.07) is 15.4. The zero-order chi connectivity index (χ0) is 23.8. The summed E-state index contributed by atoms with van der Waals surface area (Å²) in [5.41, 5.74) is 6.57. The van der Waals surface area contributed by atoms with Crippen LogP contribution in [0.4, 0.5) is 0 Å². The summed E-state index contributed by atoms with van der Waals surface area (Å²) in [6.07, 6.45) is -0.272. The monoisotopic (exact) mass is 466 g/mol. The van der Waals surface area contributed by atoms with E-state index in [1.807, 2.05) is 6.07 Å². The number of amides is 2. The summed E-state index contributed by atoms with van der Waals surface area (Å²) in [5, 5.41) is 9.03. The number of nitrogens with two attached hydrogens (primary N) is 1. The fourth-order valence-corrected chi connectivity index (χ4v) is 4.94. The van der Waals surface area contributed by atoms with E-state index in [1.54, 1.807) is 42.5 Å². The van der Waals surface area contributed by atoms with Crippen molar-refractivity contribution in [2.24, 2.45) is 5.73 Å². The first-order valence-corrected chi connectivity index (χ1v) is 11.5. The molecule has 0 aromatic heterocycles. The molecule has 9 nitrogen and oxygen atoms in total. The number of carbonyl (C=O) groups is 2. The van der Waals surface area contributed by atoms with Gasteiger partial charge in [0.15, 0.2) is 0 Å². The number of fused-ring (bicyclic) bond motifs is 1. The molecule has 1 aliphatic rings. The maximum Gasteiger partial charge on any atom is 0.248 e. The molecule has 1 aliphatic heterocycles. The highest BCUT2D eigenvalue weighted by Gasteiger charge is 2.40. The summed E-state index contributed by atoms with van der Waals surface area (Å²) in [4.78, 5) is 26.3. The highest BCUT2D eigenvalue weighted by molar-refractivity contribution is 7.89. The van der Waals surface area contributed by atoms with Gasteiger partial charge in [0.25, 0.3) is 0 Å². The maximum absolute atomic E-state index is 13.0. The topological polar surface area (TPSA) is 143 Å². The Morgan fingerprint density at radius 3 is 2.61 bits per heavy atom. The minimum Gasteiger partial charge on any atom is -0.497 e. The molecule has 4 rings (SSSR count). The molecule has 0 bridgehead atoms. The minimum atomic E-state index is -4.06. The normalized spacial score (nSPS) is 16.4. The number of ether oxygens (including phenoxy) is 1. The number of nitrogen functional groups attached to an aromatic ring is 1. The van der Waals surface area contributed by atoms with E-state index in [1.165, 1.54) is 19.2 Å². The van der Waals surface area contributed by atoms with Crippen LogP contribution in [0.1, 0.15) is 17.5 Å². The third-order valence-corrected chi connectivity index (χ3v) is 6.92. The van der Waals surface area contributed by atoms with Crippen LogP contribution in [0, 0.1) is 5.41 Å². The molecule has 1 atom stereocenters. The van der Waals surface area contributed by atoms with Gasteiger partial charge in [-0.1, -0.05) is 30.3 Å². The van der Waals surface area contributed by atoms with Crippen molar-refractivity contribution in [3.8, 4) is 5.75 Å². The van der Waals surface area contributed by atoms with Gasteiger partial charge in [0.1, 0.15) is 17.6 Å². The van der Waals surface area contributed by atoms with Crippen LogP contribution < -0.4 is 15.2 Å². The fraction of sp³-hybridized carbons (Fsp3) is 0.174. The van der Waals surface area contributed by atoms with Crippen molar-refractivity contribution in [1.82, 2.24) is 9.62 Å². The van der Waals surface area contributed by atoms with Crippen LogP contribution in [0.25, 0.3) is 10.8 Å². The quantitative estimate of drug-likeness (QED) is 0.275. The first kappa shape index (κ1) is 22.4. The van der Waals surface area contributed by atoms with E-state index >= 15 is 0 Å².